The monoisotopic (exact) mass is 379 g/mol. The third-order valence-corrected chi connectivity index (χ3v) is 3.43. The van der Waals surface area contributed by atoms with E-state index in [0.717, 1.165) is 23.6 Å². The molecule has 0 aliphatic heterocycles. The van der Waals surface area contributed by atoms with Crippen LogP contribution in [0.15, 0.2) is 30.3 Å². The number of benzene rings is 1. The summed E-state index contributed by atoms with van der Waals surface area (Å²) in [6.45, 7) is 0. The zero-order chi connectivity index (χ0) is 11.2. The van der Waals surface area contributed by atoms with Gasteiger partial charge < -0.3 is 11.8 Å². The smallest absolute Gasteiger partial charge is 0.00905 e. The van der Waals surface area contributed by atoms with Gasteiger partial charge in [-0.1, -0.05) is 62.4 Å². The molecular formula is C15H20HoN-. The van der Waals surface area contributed by atoms with E-state index in [1.807, 2.05) is 30.3 Å². The van der Waals surface area contributed by atoms with Gasteiger partial charge in [-0.25, -0.2) is 0 Å². The van der Waals surface area contributed by atoms with Gasteiger partial charge in [0.05, 0.1) is 0 Å². The van der Waals surface area contributed by atoms with E-state index in [9.17, 15) is 0 Å². The standard InChI is InChI=1S/C15H20N.Ho/c16-15(14-9-5-2-6-10-14)12-11-13-7-3-1-4-8-13;/h2,5-6,9-11,13,16H,1,3-4,7-8,12H2;/q-1;. The van der Waals surface area contributed by atoms with E-state index in [-0.39, 0.29) is 37.7 Å². The summed E-state index contributed by atoms with van der Waals surface area (Å²) in [6.07, 6.45) is 10.0. The van der Waals surface area contributed by atoms with Gasteiger partial charge in [0.25, 0.3) is 0 Å². The van der Waals surface area contributed by atoms with E-state index in [1.54, 1.807) is 0 Å². The van der Waals surface area contributed by atoms with Crippen LogP contribution in [-0.2, 0) is 0 Å². The summed E-state index contributed by atoms with van der Waals surface area (Å²) in [5, 5.41) is 8.02. The first-order valence-electron chi connectivity index (χ1n) is 6.32. The van der Waals surface area contributed by atoms with Crippen molar-refractivity contribution in [2.75, 3.05) is 0 Å². The van der Waals surface area contributed by atoms with E-state index >= 15 is 0 Å². The summed E-state index contributed by atoms with van der Waals surface area (Å²) in [6, 6.07) is 10.1. The van der Waals surface area contributed by atoms with Crippen molar-refractivity contribution in [3.63, 3.8) is 0 Å². The molecule has 0 heterocycles. The second kappa shape index (κ2) is 8.29. The Hall–Kier alpha value is 0.150. The predicted octanol–water partition coefficient (Wildman–Crippen LogP) is 4.23. The maximum Gasteiger partial charge on any atom is 0.00905 e. The molecule has 1 saturated carbocycles. The summed E-state index contributed by atoms with van der Waals surface area (Å²) in [5.74, 6) is 0.762. The fourth-order valence-corrected chi connectivity index (χ4v) is 2.41. The third kappa shape index (κ3) is 5.11. The molecule has 0 spiro atoms. The van der Waals surface area contributed by atoms with Crippen LogP contribution in [0.3, 0.4) is 0 Å². The molecule has 97 valence electrons. The first kappa shape index (κ1) is 15.2. The summed E-state index contributed by atoms with van der Waals surface area (Å²) in [7, 11) is 0. The van der Waals surface area contributed by atoms with Crippen molar-refractivity contribution >= 4 is 5.71 Å². The molecule has 1 nitrogen and oxygen atoms in total. The Morgan fingerprint density at radius 3 is 2.41 bits per heavy atom. The molecule has 1 aliphatic rings. The summed E-state index contributed by atoms with van der Waals surface area (Å²) >= 11 is 0. The van der Waals surface area contributed by atoms with E-state index in [0.29, 0.717) is 0 Å². The van der Waals surface area contributed by atoms with Crippen LogP contribution < -0.4 is 0 Å². The molecule has 1 radical (unpaired) electrons. The van der Waals surface area contributed by atoms with Gasteiger partial charge in [0, 0.05) is 43.4 Å². The van der Waals surface area contributed by atoms with Crippen LogP contribution in [0.1, 0.15) is 44.1 Å². The number of rotatable bonds is 4. The van der Waals surface area contributed by atoms with Crippen molar-refractivity contribution < 1.29 is 37.7 Å². The number of nitrogens with one attached hydrogen (secondary N) is 1. The Labute approximate surface area is 135 Å². The topological polar surface area (TPSA) is 23.9 Å². The van der Waals surface area contributed by atoms with Gasteiger partial charge in [-0.15, -0.1) is 6.42 Å². The van der Waals surface area contributed by atoms with Gasteiger partial charge in [0.2, 0.25) is 0 Å². The largest absolute Gasteiger partial charge is 0.320 e. The Morgan fingerprint density at radius 2 is 1.76 bits per heavy atom. The normalized spacial score (nSPS) is 16.2. The van der Waals surface area contributed by atoms with Gasteiger partial charge in [0.15, 0.2) is 0 Å². The average Bonchev–Trinajstić information content (AvgIpc) is 2.38. The molecule has 0 unspecified atom stereocenters. The maximum atomic E-state index is 8.02. The first-order valence-corrected chi connectivity index (χ1v) is 6.32. The Balaban J connectivity index is 0.00000144. The first-order chi connectivity index (χ1) is 7.86. The minimum absolute atomic E-state index is 0. The van der Waals surface area contributed by atoms with E-state index in [2.05, 4.69) is 6.42 Å². The molecule has 0 atom stereocenters. The van der Waals surface area contributed by atoms with Crippen molar-refractivity contribution in [3.05, 3.63) is 42.3 Å². The van der Waals surface area contributed by atoms with Crippen molar-refractivity contribution in [2.24, 2.45) is 5.92 Å². The summed E-state index contributed by atoms with van der Waals surface area (Å²) in [4.78, 5) is 0. The fourth-order valence-electron chi connectivity index (χ4n) is 2.41. The van der Waals surface area contributed by atoms with Crippen LogP contribution in [-0.4, -0.2) is 5.71 Å². The van der Waals surface area contributed by atoms with Crippen molar-refractivity contribution in [2.45, 2.75) is 38.5 Å². The van der Waals surface area contributed by atoms with Crippen LogP contribution in [0.2, 0.25) is 0 Å². The number of hydrogen-bond donors (Lipinski definition) is 1. The van der Waals surface area contributed by atoms with Crippen LogP contribution in [0.5, 0.6) is 0 Å². The van der Waals surface area contributed by atoms with Crippen molar-refractivity contribution in [3.8, 4) is 0 Å². The van der Waals surface area contributed by atoms with Crippen LogP contribution in [0.4, 0.5) is 0 Å². The molecule has 1 fully saturated rings. The van der Waals surface area contributed by atoms with E-state index in [4.69, 9.17) is 5.41 Å². The molecule has 0 amide bonds. The Kier molecular flexibility index (Phi) is 7.41. The number of hydrogen-bond acceptors (Lipinski definition) is 1. The Bertz CT molecular complexity index is 328. The molecular weight excluding hydrogens is 359 g/mol. The maximum absolute atomic E-state index is 8.02. The van der Waals surface area contributed by atoms with Gasteiger partial charge in [-0.3, -0.25) is 0 Å². The molecule has 0 aromatic heterocycles. The van der Waals surface area contributed by atoms with Gasteiger partial charge in [-0.2, -0.15) is 5.92 Å². The quantitative estimate of drug-likeness (QED) is 0.460. The molecule has 1 aromatic rings. The van der Waals surface area contributed by atoms with Crippen molar-refractivity contribution in [1.29, 1.82) is 5.41 Å². The molecule has 17 heavy (non-hydrogen) atoms. The molecule has 0 bridgehead atoms. The zero-order valence-corrected chi connectivity index (χ0v) is 12.0. The van der Waals surface area contributed by atoms with Gasteiger partial charge in [-0.05, 0) is 5.56 Å². The second-order valence-electron chi connectivity index (χ2n) is 4.68. The molecule has 2 heteroatoms. The zero-order valence-electron chi connectivity index (χ0n) is 10.1. The summed E-state index contributed by atoms with van der Waals surface area (Å²) < 4.78 is 0. The molecule has 1 N–H and O–H groups in total. The second-order valence-corrected chi connectivity index (χ2v) is 4.68. The van der Waals surface area contributed by atoms with E-state index < -0.39 is 0 Å². The average molecular weight is 379 g/mol. The van der Waals surface area contributed by atoms with Crippen molar-refractivity contribution in [1.82, 2.24) is 0 Å². The molecule has 0 saturated heterocycles. The SMILES string of the molecule is N=C(C[CH-]C1CCCCC1)c1ccccc1.[Ho]. The Morgan fingerprint density at radius 1 is 1.12 bits per heavy atom. The van der Waals surface area contributed by atoms with Gasteiger partial charge >= 0.3 is 0 Å². The summed E-state index contributed by atoms with van der Waals surface area (Å²) in [5.41, 5.74) is 1.82. The molecule has 1 aromatic carbocycles. The van der Waals surface area contributed by atoms with E-state index in [1.165, 1.54) is 32.1 Å². The molecule has 1 aliphatic carbocycles. The molecule has 2 rings (SSSR count). The minimum atomic E-state index is 0. The third-order valence-electron chi connectivity index (χ3n) is 3.43. The fraction of sp³-hybridized carbons (Fsp3) is 0.467. The minimum Gasteiger partial charge on any atom is -0.320 e. The van der Waals surface area contributed by atoms with Crippen LogP contribution in [0.25, 0.3) is 0 Å². The van der Waals surface area contributed by atoms with Gasteiger partial charge in [0.1, 0.15) is 0 Å². The predicted molar refractivity (Wildman–Crippen MR) is 68.8 cm³/mol. The van der Waals surface area contributed by atoms with Crippen LogP contribution >= 0.6 is 0 Å². The van der Waals surface area contributed by atoms with Crippen LogP contribution in [0, 0.1) is 55.5 Å².